The first kappa shape index (κ1) is 19.6. The van der Waals surface area contributed by atoms with Crippen LogP contribution in [0.3, 0.4) is 0 Å². The van der Waals surface area contributed by atoms with E-state index in [1.54, 1.807) is 12.1 Å². The van der Waals surface area contributed by atoms with Crippen LogP contribution in [-0.4, -0.2) is 18.0 Å². The van der Waals surface area contributed by atoms with Gasteiger partial charge in [0.05, 0.1) is 12.0 Å². The molecular formula is C25H21NO4. The molecule has 3 aromatic carbocycles. The highest BCUT2D eigenvalue weighted by molar-refractivity contribution is 5.92. The summed E-state index contributed by atoms with van der Waals surface area (Å²) in [5.41, 5.74) is 4.42. The lowest BCUT2D eigenvalue weighted by molar-refractivity contribution is -0.384. The number of nitro groups is 1. The highest BCUT2D eigenvalue weighted by Crippen LogP contribution is 2.60. The topological polar surface area (TPSA) is 69.4 Å². The molecule has 0 bridgehead atoms. The van der Waals surface area contributed by atoms with Crippen molar-refractivity contribution in [3.63, 3.8) is 0 Å². The molecule has 1 aliphatic rings. The van der Waals surface area contributed by atoms with E-state index in [9.17, 15) is 14.9 Å². The molecule has 3 aromatic rings. The van der Waals surface area contributed by atoms with E-state index >= 15 is 0 Å². The van der Waals surface area contributed by atoms with E-state index in [-0.39, 0.29) is 17.1 Å². The molecular weight excluding hydrogens is 378 g/mol. The van der Waals surface area contributed by atoms with Crippen LogP contribution in [0.2, 0.25) is 0 Å². The number of nitrogens with zero attached hydrogens (tertiary/aromatic N) is 1. The second-order valence-electron chi connectivity index (χ2n) is 7.36. The third-order valence-electron chi connectivity index (χ3n) is 5.69. The Morgan fingerprint density at radius 3 is 1.93 bits per heavy atom. The second-order valence-corrected chi connectivity index (χ2v) is 7.36. The molecule has 0 aromatic heterocycles. The molecule has 4 rings (SSSR count). The van der Waals surface area contributed by atoms with Crippen LogP contribution < -0.4 is 0 Å². The van der Waals surface area contributed by atoms with Gasteiger partial charge in [-0.2, -0.15) is 0 Å². The number of rotatable bonds is 6. The van der Waals surface area contributed by atoms with Crippen molar-refractivity contribution in [2.24, 2.45) is 0 Å². The van der Waals surface area contributed by atoms with Gasteiger partial charge < -0.3 is 4.74 Å². The monoisotopic (exact) mass is 399 g/mol. The molecule has 5 heteroatoms. The summed E-state index contributed by atoms with van der Waals surface area (Å²) in [5.74, 6) is -0.364. The Kier molecular flexibility index (Phi) is 5.19. The fourth-order valence-corrected chi connectivity index (χ4v) is 4.11. The largest absolute Gasteiger partial charge is 0.466 e. The maximum atomic E-state index is 12.7. The van der Waals surface area contributed by atoms with Gasteiger partial charge >= 0.3 is 5.97 Å². The number of hydrogen-bond donors (Lipinski definition) is 0. The molecule has 1 saturated carbocycles. The highest BCUT2D eigenvalue weighted by Gasteiger charge is 2.53. The number of hydrogen-bond acceptors (Lipinski definition) is 4. The summed E-state index contributed by atoms with van der Waals surface area (Å²) in [6.45, 7) is 0. The first-order chi connectivity index (χ1) is 14.6. The minimum Gasteiger partial charge on any atom is -0.466 e. The minimum atomic E-state index is -0.430. The maximum Gasteiger partial charge on any atom is 0.334 e. The van der Waals surface area contributed by atoms with Crippen LogP contribution in [0, 0.1) is 10.1 Å². The van der Waals surface area contributed by atoms with Crippen molar-refractivity contribution in [3.05, 3.63) is 123 Å². The molecule has 0 spiro atoms. The van der Waals surface area contributed by atoms with Crippen LogP contribution >= 0.6 is 0 Å². The summed E-state index contributed by atoms with van der Waals surface area (Å²) in [6.07, 6.45) is 1.10. The summed E-state index contributed by atoms with van der Waals surface area (Å²) in [5, 5.41) is 10.9. The van der Waals surface area contributed by atoms with E-state index in [1.807, 2.05) is 36.4 Å². The number of ether oxygens (including phenoxy) is 1. The smallest absolute Gasteiger partial charge is 0.334 e. The van der Waals surface area contributed by atoms with Crippen molar-refractivity contribution in [3.8, 4) is 0 Å². The minimum absolute atomic E-state index is 0.0281. The summed E-state index contributed by atoms with van der Waals surface area (Å²) in [4.78, 5) is 23.2. The molecule has 1 aliphatic carbocycles. The molecule has 0 heterocycles. The van der Waals surface area contributed by atoms with Gasteiger partial charge in [0, 0.05) is 29.5 Å². The first-order valence-electron chi connectivity index (χ1n) is 9.71. The SMILES string of the molecule is COC(=O)/C(Cc1ccc([N+](=O)[O-])cc1)=C1\CC1(c1ccccc1)c1ccccc1. The number of methoxy groups -OCH3 is 1. The van der Waals surface area contributed by atoms with Crippen molar-refractivity contribution in [2.45, 2.75) is 18.3 Å². The van der Waals surface area contributed by atoms with Crippen LogP contribution in [0.4, 0.5) is 5.69 Å². The van der Waals surface area contributed by atoms with Gasteiger partial charge in [0.2, 0.25) is 0 Å². The summed E-state index contributed by atoms with van der Waals surface area (Å²) in [7, 11) is 1.38. The number of esters is 1. The summed E-state index contributed by atoms with van der Waals surface area (Å²) in [6, 6.07) is 26.6. The fraction of sp³-hybridized carbons (Fsp3) is 0.160. The quantitative estimate of drug-likeness (QED) is 0.253. The zero-order valence-corrected chi connectivity index (χ0v) is 16.6. The van der Waals surface area contributed by atoms with Crippen LogP contribution in [0.1, 0.15) is 23.1 Å². The number of allylic oxidation sites excluding steroid dienone is 1. The molecule has 0 amide bonds. The first-order valence-corrected chi connectivity index (χ1v) is 9.71. The molecule has 0 radical (unpaired) electrons. The van der Waals surface area contributed by atoms with Gasteiger partial charge in [-0.25, -0.2) is 4.79 Å². The number of non-ortho nitro benzene ring substituents is 1. The maximum absolute atomic E-state index is 12.7. The van der Waals surface area contributed by atoms with Crippen molar-refractivity contribution in [1.29, 1.82) is 0 Å². The van der Waals surface area contributed by atoms with Gasteiger partial charge in [0.25, 0.3) is 5.69 Å². The average molecular weight is 399 g/mol. The average Bonchev–Trinajstić information content (AvgIpc) is 3.55. The van der Waals surface area contributed by atoms with Crippen molar-refractivity contribution in [1.82, 2.24) is 0 Å². The van der Waals surface area contributed by atoms with Gasteiger partial charge in [-0.1, -0.05) is 72.8 Å². The Balaban J connectivity index is 1.80. The van der Waals surface area contributed by atoms with Gasteiger partial charge in [-0.15, -0.1) is 0 Å². The van der Waals surface area contributed by atoms with Crippen molar-refractivity contribution in [2.75, 3.05) is 7.11 Å². The van der Waals surface area contributed by atoms with Crippen LogP contribution in [-0.2, 0) is 21.4 Å². The highest BCUT2D eigenvalue weighted by atomic mass is 16.6. The van der Waals surface area contributed by atoms with E-state index in [0.717, 1.165) is 28.7 Å². The molecule has 0 atom stereocenters. The standard InChI is InChI=1S/C25H21NO4/c1-30-24(27)22(16-18-12-14-21(15-13-18)26(28)29)23-17-25(23,19-8-4-2-5-9-19)20-10-6-3-7-11-20/h2-15H,16-17H2,1H3/b23-22+. The van der Waals surface area contributed by atoms with Crippen LogP contribution in [0.5, 0.6) is 0 Å². The molecule has 1 fully saturated rings. The third kappa shape index (κ3) is 3.50. The lowest BCUT2D eigenvalue weighted by atomic mass is 9.86. The predicted molar refractivity (Wildman–Crippen MR) is 114 cm³/mol. The Morgan fingerprint density at radius 2 is 1.47 bits per heavy atom. The van der Waals surface area contributed by atoms with Gasteiger partial charge in [0.15, 0.2) is 0 Å². The van der Waals surface area contributed by atoms with E-state index in [1.165, 1.54) is 19.2 Å². The lowest BCUT2D eigenvalue weighted by Gasteiger charge is -2.17. The molecule has 5 nitrogen and oxygen atoms in total. The second kappa shape index (κ2) is 7.95. The van der Waals surface area contributed by atoms with Crippen molar-refractivity contribution >= 4 is 11.7 Å². The Bertz CT molecular complexity index is 1060. The molecule has 0 saturated heterocycles. The zero-order chi connectivity index (χ0) is 21.1. The Labute approximate surface area is 174 Å². The van der Waals surface area contributed by atoms with Gasteiger partial charge in [-0.05, 0) is 28.7 Å². The molecule has 0 N–H and O–H groups in total. The molecule has 150 valence electrons. The number of carbonyl (C=O) groups is 1. The Morgan fingerprint density at radius 1 is 0.933 bits per heavy atom. The van der Waals surface area contributed by atoms with E-state index in [0.29, 0.717) is 12.0 Å². The Hall–Kier alpha value is -3.73. The van der Waals surface area contributed by atoms with Crippen molar-refractivity contribution < 1.29 is 14.5 Å². The van der Waals surface area contributed by atoms with Gasteiger partial charge in [0.1, 0.15) is 0 Å². The number of nitro benzene ring substituents is 1. The molecule has 0 aliphatic heterocycles. The molecule has 30 heavy (non-hydrogen) atoms. The fourth-order valence-electron chi connectivity index (χ4n) is 4.11. The summed E-state index contributed by atoms with van der Waals surface area (Å²) >= 11 is 0. The lowest BCUT2D eigenvalue weighted by Crippen LogP contribution is -2.14. The van der Waals surface area contributed by atoms with E-state index in [2.05, 4.69) is 24.3 Å². The zero-order valence-electron chi connectivity index (χ0n) is 16.6. The predicted octanol–water partition coefficient (Wildman–Crippen LogP) is 5.00. The molecule has 0 unspecified atom stereocenters. The number of carbonyl (C=O) groups excluding carboxylic acids is 1. The van der Waals surface area contributed by atoms with Crippen LogP contribution in [0.25, 0.3) is 0 Å². The summed E-state index contributed by atoms with van der Waals surface area (Å²) < 4.78 is 5.11. The third-order valence-corrected chi connectivity index (χ3v) is 5.69. The normalized spacial score (nSPS) is 15.9. The van der Waals surface area contributed by atoms with E-state index in [4.69, 9.17) is 4.74 Å². The van der Waals surface area contributed by atoms with E-state index < -0.39 is 4.92 Å². The van der Waals surface area contributed by atoms with Crippen LogP contribution in [0.15, 0.2) is 96.1 Å². The van der Waals surface area contributed by atoms with Gasteiger partial charge in [-0.3, -0.25) is 10.1 Å². The number of benzene rings is 3.